The van der Waals surface area contributed by atoms with Gasteiger partial charge in [-0.05, 0) is 18.9 Å². The minimum Gasteiger partial charge on any atom is -0.295 e. The number of nitrogens with one attached hydrogen (secondary N) is 1. The second kappa shape index (κ2) is 5.04. The molecule has 0 saturated carbocycles. The van der Waals surface area contributed by atoms with Crippen LogP contribution in [0.1, 0.15) is 25.3 Å². The number of H-pyrrole nitrogens is 1. The van der Waals surface area contributed by atoms with Crippen molar-refractivity contribution in [1.29, 1.82) is 0 Å². The Labute approximate surface area is 101 Å². The van der Waals surface area contributed by atoms with Crippen LogP contribution in [0, 0.1) is 6.92 Å². The van der Waals surface area contributed by atoms with Crippen molar-refractivity contribution in [2.24, 2.45) is 0 Å². The zero-order chi connectivity index (χ0) is 12.3. The molecule has 0 radical (unpaired) electrons. The molecule has 3 nitrogen and oxygen atoms in total. The lowest BCUT2D eigenvalue weighted by Crippen LogP contribution is -2.15. The zero-order valence-electron chi connectivity index (χ0n) is 10.4. The van der Waals surface area contributed by atoms with Gasteiger partial charge in [-0.15, -0.1) is 0 Å². The lowest BCUT2D eigenvalue weighted by molar-refractivity contribution is 0.558. The van der Waals surface area contributed by atoms with Crippen LogP contribution in [0.4, 0.5) is 0 Å². The van der Waals surface area contributed by atoms with E-state index in [2.05, 4.69) is 31.1 Å². The number of aromatic nitrogens is 2. The van der Waals surface area contributed by atoms with Gasteiger partial charge < -0.3 is 0 Å². The van der Waals surface area contributed by atoms with Gasteiger partial charge in [-0.2, -0.15) is 0 Å². The maximum atomic E-state index is 11.7. The monoisotopic (exact) mass is 230 g/mol. The number of aryl methyl sites for hydroxylation is 2. The van der Waals surface area contributed by atoms with Crippen LogP contribution in [0.25, 0.3) is 11.3 Å². The fourth-order valence-corrected chi connectivity index (χ4v) is 1.80. The highest BCUT2D eigenvalue weighted by Gasteiger charge is 2.04. The molecule has 1 aromatic carbocycles. The van der Waals surface area contributed by atoms with Gasteiger partial charge in [0.15, 0.2) is 0 Å². The molecule has 0 amide bonds. The molecule has 0 atom stereocenters. The molecule has 0 aliphatic heterocycles. The summed E-state index contributed by atoms with van der Waals surface area (Å²) in [4.78, 5) is 11.7. The third kappa shape index (κ3) is 2.67. The normalized spacial score (nSPS) is 10.7. The number of aromatic amines is 1. The van der Waals surface area contributed by atoms with Crippen LogP contribution < -0.4 is 5.56 Å². The number of benzene rings is 1. The van der Waals surface area contributed by atoms with Crippen molar-refractivity contribution in [3.05, 3.63) is 46.2 Å². The number of rotatable bonds is 4. The van der Waals surface area contributed by atoms with Gasteiger partial charge in [0.1, 0.15) is 0 Å². The predicted octanol–water partition coefficient (Wildman–Crippen LogP) is 2.95. The van der Waals surface area contributed by atoms with E-state index in [1.54, 1.807) is 10.7 Å². The van der Waals surface area contributed by atoms with E-state index in [1.165, 1.54) is 5.56 Å². The summed E-state index contributed by atoms with van der Waals surface area (Å²) in [5, 5.41) is 3.16. The summed E-state index contributed by atoms with van der Waals surface area (Å²) in [6, 6.07) is 9.84. The first-order chi connectivity index (χ1) is 8.20. The summed E-state index contributed by atoms with van der Waals surface area (Å²) in [5.41, 5.74) is 3.23. The van der Waals surface area contributed by atoms with E-state index in [4.69, 9.17) is 0 Å². The molecule has 0 aliphatic rings. The molecular weight excluding hydrogens is 212 g/mol. The first kappa shape index (κ1) is 11.7. The fourth-order valence-electron chi connectivity index (χ4n) is 1.80. The van der Waals surface area contributed by atoms with Gasteiger partial charge in [0.2, 0.25) is 0 Å². The van der Waals surface area contributed by atoms with E-state index < -0.39 is 0 Å². The van der Waals surface area contributed by atoms with Crippen LogP contribution in [0.5, 0.6) is 0 Å². The molecule has 90 valence electrons. The molecule has 0 bridgehead atoms. The van der Waals surface area contributed by atoms with E-state index in [0.717, 1.165) is 30.6 Å². The second-order valence-corrected chi connectivity index (χ2v) is 4.38. The fraction of sp³-hybridized carbons (Fsp3) is 0.357. The topological polar surface area (TPSA) is 37.8 Å². The molecule has 0 spiro atoms. The van der Waals surface area contributed by atoms with Crippen molar-refractivity contribution in [2.75, 3.05) is 0 Å². The van der Waals surface area contributed by atoms with E-state index in [0.29, 0.717) is 0 Å². The minimum absolute atomic E-state index is 0.0500. The van der Waals surface area contributed by atoms with Crippen LogP contribution in [0.3, 0.4) is 0 Å². The van der Waals surface area contributed by atoms with Crippen LogP contribution in [0.2, 0.25) is 0 Å². The van der Waals surface area contributed by atoms with Crippen molar-refractivity contribution >= 4 is 0 Å². The summed E-state index contributed by atoms with van der Waals surface area (Å²) in [7, 11) is 0. The molecule has 17 heavy (non-hydrogen) atoms. The Morgan fingerprint density at radius 1 is 1.24 bits per heavy atom. The molecule has 2 rings (SSSR count). The van der Waals surface area contributed by atoms with Gasteiger partial charge in [0.05, 0.1) is 5.69 Å². The number of hydrogen-bond acceptors (Lipinski definition) is 1. The molecule has 1 aromatic heterocycles. The molecule has 1 N–H and O–H groups in total. The maximum absolute atomic E-state index is 11.7. The Kier molecular flexibility index (Phi) is 3.47. The van der Waals surface area contributed by atoms with E-state index in [-0.39, 0.29) is 5.56 Å². The van der Waals surface area contributed by atoms with Gasteiger partial charge in [-0.25, -0.2) is 0 Å². The SMILES string of the molecule is CCCCn1[nH]c(-c2ccc(C)cc2)cc1=O. The smallest absolute Gasteiger partial charge is 0.267 e. The van der Waals surface area contributed by atoms with Gasteiger partial charge >= 0.3 is 0 Å². The first-order valence-electron chi connectivity index (χ1n) is 6.07. The average molecular weight is 230 g/mol. The average Bonchev–Trinajstić information content (AvgIpc) is 2.69. The van der Waals surface area contributed by atoms with Crippen LogP contribution >= 0.6 is 0 Å². The number of hydrogen-bond donors (Lipinski definition) is 1. The maximum Gasteiger partial charge on any atom is 0.267 e. The summed E-state index contributed by atoms with van der Waals surface area (Å²) in [6.45, 7) is 4.94. The molecule has 1 heterocycles. The van der Waals surface area contributed by atoms with Crippen molar-refractivity contribution < 1.29 is 0 Å². The predicted molar refractivity (Wildman–Crippen MR) is 70.1 cm³/mol. The number of nitrogens with zero attached hydrogens (tertiary/aromatic N) is 1. The van der Waals surface area contributed by atoms with Gasteiger partial charge in [0.25, 0.3) is 5.56 Å². The van der Waals surface area contributed by atoms with E-state index in [9.17, 15) is 4.79 Å². The van der Waals surface area contributed by atoms with Crippen molar-refractivity contribution in [2.45, 2.75) is 33.2 Å². The third-order valence-electron chi connectivity index (χ3n) is 2.89. The Morgan fingerprint density at radius 2 is 1.94 bits per heavy atom. The number of unbranched alkanes of at least 4 members (excludes halogenated alkanes) is 1. The first-order valence-corrected chi connectivity index (χ1v) is 6.07. The molecule has 0 unspecified atom stereocenters. The van der Waals surface area contributed by atoms with Crippen LogP contribution in [-0.2, 0) is 6.54 Å². The lowest BCUT2D eigenvalue weighted by Gasteiger charge is -2.01. The largest absolute Gasteiger partial charge is 0.295 e. The van der Waals surface area contributed by atoms with Crippen molar-refractivity contribution in [3.8, 4) is 11.3 Å². The van der Waals surface area contributed by atoms with Crippen molar-refractivity contribution in [3.63, 3.8) is 0 Å². The standard InChI is InChI=1S/C14H18N2O/c1-3-4-9-16-14(17)10-13(15-16)12-7-5-11(2)6-8-12/h5-8,10,15H,3-4,9H2,1-2H3. The summed E-state index contributed by atoms with van der Waals surface area (Å²) in [5.74, 6) is 0. The van der Waals surface area contributed by atoms with Gasteiger partial charge in [-0.3, -0.25) is 14.6 Å². The Hall–Kier alpha value is -1.77. The zero-order valence-corrected chi connectivity index (χ0v) is 10.4. The molecular formula is C14H18N2O. The Morgan fingerprint density at radius 3 is 2.59 bits per heavy atom. The summed E-state index contributed by atoms with van der Waals surface area (Å²) in [6.07, 6.45) is 2.11. The highest BCUT2D eigenvalue weighted by Crippen LogP contribution is 2.15. The highest BCUT2D eigenvalue weighted by atomic mass is 16.1. The molecule has 2 aromatic rings. The summed E-state index contributed by atoms with van der Waals surface area (Å²) >= 11 is 0. The minimum atomic E-state index is 0.0500. The Balaban J connectivity index is 2.28. The molecule has 0 aliphatic carbocycles. The van der Waals surface area contributed by atoms with Gasteiger partial charge in [-0.1, -0.05) is 43.2 Å². The lowest BCUT2D eigenvalue weighted by atomic mass is 10.1. The summed E-state index contributed by atoms with van der Waals surface area (Å²) < 4.78 is 1.68. The van der Waals surface area contributed by atoms with E-state index >= 15 is 0 Å². The molecule has 0 fully saturated rings. The van der Waals surface area contributed by atoms with E-state index in [1.807, 2.05) is 12.1 Å². The molecule has 3 heteroatoms. The molecule has 0 saturated heterocycles. The van der Waals surface area contributed by atoms with Crippen LogP contribution in [0.15, 0.2) is 35.1 Å². The van der Waals surface area contributed by atoms with Crippen molar-refractivity contribution in [1.82, 2.24) is 9.78 Å². The van der Waals surface area contributed by atoms with Gasteiger partial charge in [0, 0.05) is 12.6 Å². The Bertz CT molecular complexity index is 534. The second-order valence-electron chi connectivity index (χ2n) is 4.38. The third-order valence-corrected chi connectivity index (χ3v) is 2.89. The highest BCUT2D eigenvalue weighted by molar-refractivity contribution is 5.58. The quantitative estimate of drug-likeness (QED) is 0.861. The van der Waals surface area contributed by atoms with Crippen LogP contribution in [-0.4, -0.2) is 9.78 Å².